The molecule has 3 aromatic rings. The Bertz CT molecular complexity index is 1060. The van der Waals surface area contributed by atoms with Gasteiger partial charge in [0.25, 0.3) is 5.91 Å². The zero-order chi connectivity index (χ0) is 22.1. The van der Waals surface area contributed by atoms with Gasteiger partial charge >= 0.3 is 0 Å². The molecule has 0 spiro atoms. The van der Waals surface area contributed by atoms with Gasteiger partial charge in [0, 0.05) is 15.6 Å². The van der Waals surface area contributed by atoms with Gasteiger partial charge in [-0.3, -0.25) is 4.79 Å². The van der Waals surface area contributed by atoms with Crippen LogP contribution in [-0.2, 0) is 11.4 Å². The SMILES string of the molecule is COc1ccc(/C=N/NC(=O)COc2ccc(Cl)cc2)cc1OCc1ccccc1Cl. The number of hydrogen-bond donors (Lipinski definition) is 1. The van der Waals surface area contributed by atoms with Crippen LogP contribution < -0.4 is 19.6 Å². The molecular weight excluding hydrogens is 439 g/mol. The highest BCUT2D eigenvalue weighted by atomic mass is 35.5. The average Bonchev–Trinajstić information content (AvgIpc) is 2.78. The lowest BCUT2D eigenvalue weighted by molar-refractivity contribution is -0.123. The summed E-state index contributed by atoms with van der Waals surface area (Å²) in [5, 5.41) is 5.17. The van der Waals surface area contributed by atoms with Gasteiger partial charge in [0.15, 0.2) is 18.1 Å². The molecule has 1 amide bonds. The van der Waals surface area contributed by atoms with Gasteiger partial charge in [-0.15, -0.1) is 0 Å². The van der Waals surface area contributed by atoms with Gasteiger partial charge in [0.2, 0.25) is 0 Å². The predicted molar refractivity (Wildman–Crippen MR) is 121 cm³/mol. The monoisotopic (exact) mass is 458 g/mol. The number of hydrogen-bond acceptors (Lipinski definition) is 5. The minimum absolute atomic E-state index is 0.173. The Labute approximate surface area is 190 Å². The molecule has 6 nitrogen and oxygen atoms in total. The predicted octanol–water partition coefficient (Wildman–Crippen LogP) is 5.11. The molecule has 0 aliphatic rings. The summed E-state index contributed by atoms with van der Waals surface area (Å²) in [4.78, 5) is 11.9. The fourth-order valence-electron chi connectivity index (χ4n) is 2.55. The Morgan fingerprint density at radius 1 is 1.00 bits per heavy atom. The fraction of sp³-hybridized carbons (Fsp3) is 0.130. The van der Waals surface area contributed by atoms with Gasteiger partial charge < -0.3 is 14.2 Å². The minimum Gasteiger partial charge on any atom is -0.493 e. The first-order chi connectivity index (χ1) is 15.0. The molecule has 0 saturated heterocycles. The Hall–Kier alpha value is -3.22. The lowest BCUT2D eigenvalue weighted by atomic mass is 10.2. The quantitative estimate of drug-likeness (QED) is 0.357. The van der Waals surface area contributed by atoms with Crippen LogP contribution in [0.4, 0.5) is 0 Å². The second kappa shape index (κ2) is 11.2. The van der Waals surface area contributed by atoms with E-state index < -0.39 is 5.91 Å². The number of hydrazone groups is 1. The summed E-state index contributed by atoms with van der Waals surface area (Å²) in [6.45, 7) is 0.114. The second-order valence-electron chi connectivity index (χ2n) is 6.33. The molecule has 0 bridgehead atoms. The van der Waals surface area contributed by atoms with Crippen LogP contribution in [0.1, 0.15) is 11.1 Å². The maximum atomic E-state index is 11.9. The number of halogens is 2. The van der Waals surface area contributed by atoms with Crippen LogP contribution in [0.3, 0.4) is 0 Å². The maximum Gasteiger partial charge on any atom is 0.277 e. The summed E-state index contributed by atoms with van der Waals surface area (Å²) in [5.74, 6) is 1.25. The molecule has 0 radical (unpaired) electrons. The van der Waals surface area contributed by atoms with E-state index in [0.29, 0.717) is 32.9 Å². The summed E-state index contributed by atoms with van der Waals surface area (Å²) < 4.78 is 16.6. The zero-order valence-electron chi connectivity index (χ0n) is 16.7. The van der Waals surface area contributed by atoms with Crippen LogP contribution in [0.15, 0.2) is 71.8 Å². The number of nitrogens with one attached hydrogen (secondary N) is 1. The number of carbonyl (C=O) groups is 1. The van der Waals surface area contributed by atoms with Gasteiger partial charge in [-0.1, -0.05) is 41.4 Å². The first-order valence-corrected chi connectivity index (χ1v) is 10.1. The van der Waals surface area contributed by atoms with Crippen molar-refractivity contribution in [2.24, 2.45) is 5.10 Å². The summed E-state index contributed by atoms with van der Waals surface area (Å²) >= 11 is 12.0. The van der Waals surface area contributed by atoms with Crippen molar-refractivity contribution in [1.82, 2.24) is 5.43 Å². The molecule has 0 aliphatic heterocycles. The largest absolute Gasteiger partial charge is 0.493 e. The van der Waals surface area contributed by atoms with Gasteiger partial charge in [-0.25, -0.2) is 5.43 Å². The standard InChI is InChI=1S/C23H20Cl2N2O4/c1-29-21-11-6-16(12-22(21)31-14-17-4-2-3-5-20(17)25)13-26-27-23(28)15-30-19-9-7-18(24)8-10-19/h2-13H,14-15H2,1H3,(H,27,28)/b26-13+. The molecule has 0 fully saturated rings. The fourth-order valence-corrected chi connectivity index (χ4v) is 2.86. The van der Waals surface area contributed by atoms with Gasteiger partial charge in [-0.05, 0) is 54.1 Å². The Kier molecular flexibility index (Phi) is 8.15. The van der Waals surface area contributed by atoms with Crippen molar-refractivity contribution in [3.8, 4) is 17.2 Å². The van der Waals surface area contributed by atoms with E-state index in [1.54, 1.807) is 55.6 Å². The van der Waals surface area contributed by atoms with E-state index in [2.05, 4.69) is 10.5 Å². The van der Waals surface area contributed by atoms with Crippen LogP contribution in [0.5, 0.6) is 17.2 Å². The lowest BCUT2D eigenvalue weighted by Crippen LogP contribution is -2.24. The van der Waals surface area contributed by atoms with Gasteiger partial charge in [0.1, 0.15) is 12.4 Å². The third-order valence-corrected chi connectivity index (χ3v) is 4.74. The van der Waals surface area contributed by atoms with Crippen molar-refractivity contribution >= 4 is 35.3 Å². The van der Waals surface area contributed by atoms with E-state index in [0.717, 1.165) is 5.56 Å². The number of amides is 1. The van der Waals surface area contributed by atoms with Crippen LogP contribution in [-0.4, -0.2) is 25.8 Å². The summed E-state index contributed by atoms with van der Waals surface area (Å²) in [6.07, 6.45) is 1.50. The topological polar surface area (TPSA) is 69.2 Å². The third kappa shape index (κ3) is 6.91. The lowest BCUT2D eigenvalue weighted by Gasteiger charge is -2.12. The Morgan fingerprint density at radius 3 is 2.52 bits per heavy atom. The molecule has 0 atom stereocenters. The molecule has 0 aliphatic carbocycles. The van der Waals surface area contributed by atoms with E-state index in [4.69, 9.17) is 37.4 Å². The van der Waals surface area contributed by atoms with Crippen LogP contribution in [0, 0.1) is 0 Å². The van der Waals surface area contributed by atoms with Crippen LogP contribution in [0.25, 0.3) is 0 Å². The minimum atomic E-state index is -0.394. The summed E-state index contributed by atoms with van der Waals surface area (Å²) in [6, 6.07) is 19.5. The van der Waals surface area contributed by atoms with E-state index in [-0.39, 0.29) is 13.2 Å². The first kappa shape index (κ1) is 22.5. The number of carbonyl (C=O) groups excluding carboxylic acids is 1. The molecule has 0 heterocycles. The summed E-state index contributed by atoms with van der Waals surface area (Å²) in [5.41, 5.74) is 3.99. The number of ether oxygens (including phenoxy) is 3. The molecule has 3 rings (SSSR count). The summed E-state index contributed by atoms with van der Waals surface area (Å²) in [7, 11) is 1.56. The number of benzene rings is 3. The van der Waals surface area contributed by atoms with Crippen LogP contribution >= 0.6 is 23.2 Å². The zero-order valence-corrected chi connectivity index (χ0v) is 18.2. The van der Waals surface area contributed by atoms with Gasteiger partial charge in [0.05, 0.1) is 13.3 Å². The van der Waals surface area contributed by atoms with Crippen LogP contribution in [0.2, 0.25) is 10.0 Å². The Morgan fingerprint density at radius 2 is 1.77 bits per heavy atom. The molecule has 8 heteroatoms. The van der Waals surface area contributed by atoms with E-state index >= 15 is 0 Å². The molecule has 160 valence electrons. The molecule has 1 N–H and O–H groups in total. The van der Waals surface area contributed by atoms with E-state index in [1.807, 2.05) is 18.2 Å². The molecule has 3 aromatic carbocycles. The van der Waals surface area contributed by atoms with E-state index in [9.17, 15) is 4.79 Å². The molecular formula is C23H20Cl2N2O4. The average molecular weight is 459 g/mol. The normalized spacial score (nSPS) is 10.7. The molecule has 0 saturated carbocycles. The number of methoxy groups -OCH3 is 1. The number of rotatable bonds is 9. The highest BCUT2D eigenvalue weighted by molar-refractivity contribution is 6.31. The van der Waals surface area contributed by atoms with Crippen molar-refractivity contribution in [2.75, 3.05) is 13.7 Å². The number of nitrogens with zero attached hydrogens (tertiary/aromatic N) is 1. The molecule has 0 aromatic heterocycles. The van der Waals surface area contributed by atoms with Crippen molar-refractivity contribution in [2.45, 2.75) is 6.61 Å². The molecule has 0 unspecified atom stereocenters. The van der Waals surface area contributed by atoms with E-state index in [1.165, 1.54) is 6.21 Å². The van der Waals surface area contributed by atoms with Crippen molar-refractivity contribution < 1.29 is 19.0 Å². The second-order valence-corrected chi connectivity index (χ2v) is 7.17. The molecule has 31 heavy (non-hydrogen) atoms. The van der Waals surface area contributed by atoms with Crippen molar-refractivity contribution in [1.29, 1.82) is 0 Å². The highest BCUT2D eigenvalue weighted by Crippen LogP contribution is 2.29. The van der Waals surface area contributed by atoms with Crippen molar-refractivity contribution in [3.05, 3.63) is 87.9 Å². The first-order valence-electron chi connectivity index (χ1n) is 9.29. The Balaban J connectivity index is 1.56. The smallest absolute Gasteiger partial charge is 0.277 e. The van der Waals surface area contributed by atoms with Crippen molar-refractivity contribution in [3.63, 3.8) is 0 Å². The maximum absolute atomic E-state index is 11.9. The third-order valence-electron chi connectivity index (χ3n) is 4.12. The highest BCUT2D eigenvalue weighted by Gasteiger charge is 2.08. The van der Waals surface area contributed by atoms with Gasteiger partial charge in [-0.2, -0.15) is 5.10 Å².